The number of likely N-dealkylation sites (tertiary alicyclic amines) is 1. The van der Waals surface area contributed by atoms with Gasteiger partial charge in [-0.2, -0.15) is 5.26 Å². The molecule has 2 atom stereocenters. The summed E-state index contributed by atoms with van der Waals surface area (Å²) in [6.07, 6.45) is 3.77. The van der Waals surface area contributed by atoms with Gasteiger partial charge < -0.3 is 15.1 Å². The fourth-order valence-electron chi connectivity index (χ4n) is 4.49. The molecule has 2 unspecified atom stereocenters. The van der Waals surface area contributed by atoms with Gasteiger partial charge in [0.1, 0.15) is 6.07 Å². The predicted molar refractivity (Wildman–Crippen MR) is 110 cm³/mol. The number of hydrogen-bond acceptors (Lipinski definition) is 5. The molecule has 6 heteroatoms. The number of anilines is 1. The molecule has 1 N–H and O–H groups in total. The summed E-state index contributed by atoms with van der Waals surface area (Å²) in [4.78, 5) is 21.9. The Morgan fingerprint density at radius 3 is 2.79 bits per heavy atom. The normalized spacial score (nSPS) is 23.7. The molecule has 1 aromatic carbocycles. The SMILES string of the molecule is CC1CN(c2ccc(C#N)c3ncccc23)CC1C(=O)NC1CCN(C)CC1. The molecule has 0 bridgehead atoms. The van der Waals surface area contributed by atoms with Crippen LogP contribution in [0.15, 0.2) is 30.5 Å². The smallest absolute Gasteiger partial charge is 0.225 e. The van der Waals surface area contributed by atoms with Crippen LogP contribution in [-0.2, 0) is 4.79 Å². The first kappa shape index (κ1) is 18.7. The Labute approximate surface area is 166 Å². The van der Waals surface area contributed by atoms with Crippen LogP contribution in [0.1, 0.15) is 25.3 Å². The second-order valence-corrected chi connectivity index (χ2v) is 8.22. The van der Waals surface area contributed by atoms with Crippen molar-refractivity contribution < 1.29 is 4.79 Å². The van der Waals surface area contributed by atoms with E-state index in [1.54, 1.807) is 6.20 Å². The van der Waals surface area contributed by atoms with Crippen molar-refractivity contribution in [2.45, 2.75) is 25.8 Å². The summed E-state index contributed by atoms with van der Waals surface area (Å²) in [6, 6.07) is 10.3. The first-order valence-electron chi connectivity index (χ1n) is 10.1. The molecular weight excluding hydrogens is 350 g/mol. The topological polar surface area (TPSA) is 72.3 Å². The van der Waals surface area contributed by atoms with Crippen LogP contribution in [0.4, 0.5) is 5.69 Å². The van der Waals surface area contributed by atoms with Gasteiger partial charge in [-0.25, -0.2) is 0 Å². The molecule has 2 saturated heterocycles. The molecule has 0 aliphatic carbocycles. The number of carbonyl (C=O) groups is 1. The van der Waals surface area contributed by atoms with Crippen molar-refractivity contribution in [3.8, 4) is 6.07 Å². The maximum atomic E-state index is 12.9. The largest absolute Gasteiger partial charge is 0.370 e. The van der Waals surface area contributed by atoms with E-state index in [0.29, 0.717) is 18.2 Å². The number of nitrogens with one attached hydrogen (secondary N) is 1. The predicted octanol–water partition coefficient (Wildman–Crippen LogP) is 2.39. The van der Waals surface area contributed by atoms with Crippen LogP contribution in [0, 0.1) is 23.2 Å². The van der Waals surface area contributed by atoms with E-state index >= 15 is 0 Å². The van der Waals surface area contributed by atoms with Gasteiger partial charge in [0.25, 0.3) is 0 Å². The van der Waals surface area contributed by atoms with Gasteiger partial charge >= 0.3 is 0 Å². The lowest BCUT2D eigenvalue weighted by Gasteiger charge is -2.30. The highest BCUT2D eigenvalue weighted by Crippen LogP contribution is 2.34. The summed E-state index contributed by atoms with van der Waals surface area (Å²) in [7, 11) is 2.13. The number of fused-ring (bicyclic) bond motifs is 1. The second kappa shape index (κ2) is 7.76. The first-order chi connectivity index (χ1) is 13.6. The number of carbonyl (C=O) groups excluding carboxylic acids is 1. The third kappa shape index (κ3) is 3.55. The van der Waals surface area contributed by atoms with Crippen molar-refractivity contribution >= 4 is 22.5 Å². The molecule has 3 heterocycles. The van der Waals surface area contributed by atoms with Crippen molar-refractivity contribution in [1.82, 2.24) is 15.2 Å². The van der Waals surface area contributed by atoms with E-state index in [0.717, 1.165) is 49.1 Å². The standard InChI is InChI=1S/C22H27N5O/c1-15-13-27(14-19(15)22(28)25-17-7-10-26(2)11-8-17)20-6-5-16(12-23)21-18(20)4-3-9-24-21/h3-6,9,15,17,19H,7-8,10-11,13-14H2,1-2H3,(H,25,28). The Morgan fingerprint density at radius 1 is 1.25 bits per heavy atom. The van der Waals surface area contributed by atoms with Crippen molar-refractivity contribution in [2.75, 3.05) is 38.1 Å². The van der Waals surface area contributed by atoms with Crippen LogP contribution in [0.3, 0.4) is 0 Å². The van der Waals surface area contributed by atoms with E-state index in [1.165, 1.54) is 0 Å². The number of aromatic nitrogens is 1. The lowest BCUT2D eigenvalue weighted by Crippen LogP contribution is -2.46. The number of benzene rings is 1. The van der Waals surface area contributed by atoms with E-state index in [2.05, 4.69) is 40.1 Å². The summed E-state index contributed by atoms with van der Waals surface area (Å²) in [5.74, 6) is 0.455. The van der Waals surface area contributed by atoms with Crippen molar-refractivity contribution in [2.24, 2.45) is 11.8 Å². The Kier molecular flexibility index (Phi) is 5.19. The maximum absolute atomic E-state index is 12.9. The number of hydrogen-bond donors (Lipinski definition) is 1. The van der Waals surface area contributed by atoms with Gasteiger partial charge in [0.15, 0.2) is 0 Å². The molecule has 1 aromatic heterocycles. The minimum Gasteiger partial charge on any atom is -0.370 e. The maximum Gasteiger partial charge on any atom is 0.225 e. The molecule has 146 valence electrons. The van der Waals surface area contributed by atoms with Gasteiger partial charge in [-0.3, -0.25) is 9.78 Å². The van der Waals surface area contributed by atoms with Crippen molar-refractivity contribution in [1.29, 1.82) is 5.26 Å². The molecule has 2 fully saturated rings. The summed E-state index contributed by atoms with van der Waals surface area (Å²) >= 11 is 0. The molecule has 6 nitrogen and oxygen atoms in total. The fourth-order valence-corrected chi connectivity index (χ4v) is 4.49. The molecule has 0 spiro atoms. The van der Waals surface area contributed by atoms with Crippen molar-refractivity contribution in [3.63, 3.8) is 0 Å². The quantitative estimate of drug-likeness (QED) is 0.889. The summed E-state index contributed by atoms with van der Waals surface area (Å²) < 4.78 is 0. The van der Waals surface area contributed by atoms with E-state index in [9.17, 15) is 10.1 Å². The van der Waals surface area contributed by atoms with Crippen LogP contribution in [0.25, 0.3) is 10.9 Å². The zero-order valence-electron chi connectivity index (χ0n) is 16.6. The van der Waals surface area contributed by atoms with Crippen LogP contribution < -0.4 is 10.2 Å². The minimum absolute atomic E-state index is 0.0120. The molecule has 28 heavy (non-hydrogen) atoms. The summed E-state index contributed by atoms with van der Waals surface area (Å²) in [6.45, 7) is 5.78. The average Bonchev–Trinajstić information content (AvgIpc) is 3.10. The monoisotopic (exact) mass is 377 g/mol. The second-order valence-electron chi connectivity index (χ2n) is 8.22. The number of pyridine rings is 1. The lowest BCUT2D eigenvalue weighted by atomic mass is 9.96. The molecule has 2 aliphatic heterocycles. The van der Waals surface area contributed by atoms with Crippen LogP contribution >= 0.6 is 0 Å². The highest BCUT2D eigenvalue weighted by Gasteiger charge is 2.36. The molecule has 2 aromatic rings. The Balaban J connectivity index is 1.51. The van der Waals surface area contributed by atoms with Gasteiger partial charge in [-0.05, 0) is 63.2 Å². The average molecular weight is 377 g/mol. The van der Waals surface area contributed by atoms with E-state index in [-0.39, 0.29) is 17.7 Å². The third-order valence-electron chi connectivity index (χ3n) is 6.22. The minimum atomic E-state index is -0.0120. The fraction of sp³-hybridized carbons (Fsp3) is 0.500. The van der Waals surface area contributed by atoms with Gasteiger partial charge in [0.05, 0.1) is 17.0 Å². The molecule has 2 aliphatic rings. The van der Waals surface area contributed by atoms with Gasteiger partial charge in [-0.1, -0.05) is 6.92 Å². The van der Waals surface area contributed by atoms with Crippen molar-refractivity contribution in [3.05, 3.63) is 36.0 Å². The summed E-state index contributed by atoms with van der Waals surface area (Å²) in [5, 5.41) is 13.6. The van der Waals surface area contributed by atoms with E-state index in [4.69, 9.17) is 0 Å². The molecular formula is C22H27N5O. The van der Waals surface area contributed by atoms with E-state index < -0.39 is 0 Å². The van der Waals surface area contributed by atoms with Crippen LogP contribution in [0.2, 0.25) is 0 Å². The van der Waals surface area contributed by atoms with Crippen LogP contribution in [0.5, 0.6) is 0 Å². The van der Waals surface area contributed by atoms with E-state index in [1.807, 2.05) is 24.3 Å². The first-order valence-corrected chi connectivity index (χ1v) is 10.1. The number of amides is 1. The number of nitrogens with zero attached hydrogens (tertiary/aromatic N) is 4. The van der Waals surface area contributed by atoms with Gasteiger partial charge in [0.2, 0.25) is 5.91 Å². The Bertz CT molecular complexity index is 913. The molecule has 0 radical (unpaired) electrons. The third-order valence-corrected chi connectivity index (χ3v) is 6.22. The summed E-state index contributed by atoms with van der Waals surface area (Å²) in [5.41, 5.74) is 2.38. The highest BCUT2D eigenvalue weighted by atomic mass is 16.2. The number of piperidine rings is 1. The lowest BCUT2D eigenvalue weighted by molar-refractivity contribution is -0.126. The molecule has 1 amide bonds. The zero-order chi connectivity index (χ0) is 19.7. The Hall–Kier alpha value is -2.65. The Morgan fingerprint density at radius 2 is 2.04 bits per heavy atom. The van der Waals surface area contributed by atoms with Crippen LogP contribution in [-0.4, -0.2) is 55.1 Å². The molecule has 4 rings (SSSR count). The number of rotatable bonds is 3. The van der Waals surface area contributed by atoms with Gasteiger partial charge in [-0.15, -0.1) is 0 Å². The highest BCUT2D eigenvalue weighted by molar-refractivity contribution is 5.95. The zero-order valence-corrected chi connectivity index (χ0v) is 16.6. The number of nitriles is 1. The molecule has 0 saturated carbocycles. The van der Waals surface area contributed by atoms with Gasteiger partial charge in [0, 0.05) is 36.4 Å².